The summed E-state index contributed by atoms with van der Waals surface area (Å²) in [5.74, 6) is 0. The van der Waals surface area contributed by atoms with E-state index in [1.54, 1.807) is 0 Å². The summed E-state index contributed by atoms with van der Waals surface area (Å²) in [6.07, 6.45) is 0. The summed E-state index contributed by atoms with van der Waals surface area (Å²) in [5, 5.41) is 18.8. The van der Waals surface area contributed by atoms with Gasteiger partial charge in [0, 0.05) is 70.7 Å². The Balaban J connectivity index is 0.000000144. The van der Waals surface area contributed by atoms with Crippen molar-refractivity contribution in [3.63, 3.8) is 0 Å². The van der Waals surface area contributed by atoms with Crippen molar-refractivity contribution in [1.29, 1.82) is 5.26 Å². The van der Waals surface area contributed by atoms with Crippen LogP contribution in [-0.2, 0) is 21.7 Å². The summed E-state index contributed by atoms with van der Waals surface area (Å²) < 4.78 is 0. The van der Waals surface area contributed by atoms with Gasteiger partial charge in [-0.25, -0.2) is 15.0 Å². The molecule has 3 aromatic heterocycles. The molecule has 0 unspecified atom stereocenters. The van der Waals surface area contributed by atoms with Crippen LogP contribution in [0.4, 0.5) is 0 Å². The molecule has 0 fully saturated rings. The van der Waals surface area contributed by atoms with Gasteiger partial charge in [0.15, 0.2) is 0 Å². The minimum Gasteiger partial charge on any atom is -0.248 e. The van der Waals surface area contributed by atoms with Crippen LogP contribution in [0.5, 0.6) is 0 Å². The lowest BCUT2D eigenvalue weighted by atomic mass is 9.81. The van der Waals surface area contributed by atoms with Gasteiger partial charge in [0.05, 0.1) is 45.1 Å². The molecule has 23 rings (SSSR count). The highest BCUT2D eigenvalue weighted by Crippen LogP contribution is 2.56. The Morgan fingerprint density at radius 3 is 0.819 bits per heavy atom. The van der Waals surface area contributed by atoms with E-state index in [4.69, 9.17) is 15.0 Å². The molecule has 0 saturated carbocycles. The number of nitrogens with zero attached hydrogens (tertiary/aromatic N) is 4. The van der Waals surface area contributed by atoms with E-state index in [1.165, 1.54) is 144 Å². The van der Waals surface area contributed by atoms with Gasteiger partial charge in [-0.3, -0.25) is 0 Å². The first kappa shape index (κ1) is 68.8. The molecule has 0 radical (unpaired) electrons. The number of pyridine rings is 3. The lowest BCUT2D eigenvalue weighted by Gasteiger charge is -2.23. The van der Waals surface area contributed by atoms with Crippen LogP contribution in [0.2, 0.25) is 0 Å². The molecule has 548 valence electrons. The first-order valence-corrected chi connectivity index (χ1v) is 40.6. The van der Waals surface area contributed by atoms with Crippen LogP contribution in [0.25, 0.3) is 188 Å². The van der Waals surface area contributed by atoms with E-state index >= 15 is 0 Å². The molecule has 0 atom stereocenters. The predicted molar refractivity (Wildman–Crippen MR) is 484 cm³/mol. The minimum absolute atomic E-state index is 0.0912. The van der Waals surface area contributed by atoms with E-state index in [2.05, 4.69) is 377 Å². The predicted octanol–water partition coefficient (Wildman–Crippen LogP) is 29.2. The van der Waals surface area contributed by atoms with E-state index in [1.807, 2.05) is 24.3 Å². The van der Waals surface area contributed by atoms with Gasteiger partial charge < -0.3 is 0 Å². The maximum absolute atomic E-state index is 9.52. The summed E-state index contributed by atoms with van der Waals surface area (Å²) in [7, 11) is 0. The summed E-state index contributed by atoms with van der Waals surface area (Å²) >= 11 is 0. The molecule has 0 bridgehead atoms. The summed E-state index contributed by atoms with van der Waals surface area (Å²) in [5.41, 5.74) is 41.7. The molecule has 4 aliphatic carbocycles. The summed E-state index contributed by atoms with van der Waals surface area (Å²) in [6, 6.07) is 127. The highest BCUT2D eigenvalue weighted by molar-refractivity contribution is 6.19. The lowest BCUT2D eigenvalue weighted by molar-refractivity contribution is 0.660. The van der Waals surface area contributed by atoms with Crippen LogP contribution in [0, 0.1) is 11.3 Å². The first-order chi connectivity index (χ1) is 56.5. The smallest absolute Gasteiger partial charge is 0.0991 e. The molecule has 0 amide bonds. The number of aromatic nitrogens is 3. The van der Waals surface area contributed by atoms with Gasteiger partial charge in [-0.05, 0) is 223 Å². The second-order valence-corrected chi connectivity index (χ2v) is 34.4. The Bertz CT molecular complexity index is 7450. The Kier molecular flexibility index (Phi) is 15.1. The van der Waals surface area contributed by atoms with Gasteiger partial charge in [0.1, 0.15) is 0 Å². The largest absolute Gasteiger partial charge is 0.248 e. The van der Waals surface area contributed by atoms with Gasteiger partial charge in [-0.2, -0.15) is 5.26 Å². The van der Waals surface area contributed by atoms with E-state index in [9.17, 15) is 5.26 Å². The second-order valence-electron chi connectivity index (χ2n) is 34.4. The number of benzene rings is 16. The van der Waals surface area contributed by atoms with Gasteiger partial charge in [-0.15, -0.1) is 0 Å². The van der Waals surface area contributed by atoms with Gasteiger partial charge in [-0.1, -0.05) is 322 Å². The lowest BCUT2D eigenvalue weighted by Crippen LogP contribution is -2.15. The normalized spacial score (nSPS) is 14.3. The number of hydrogen-bond donors (Lipinski definition) is 0. The maximum atomic E-state index is 9.52. The van der Waals surface area contributed by atoms with Crippen molar-refractivity contribution in [3.05, 3.63) is 390 Å². The van der Waals surface area contributed by atoms with Crippen molar-refractivity contribution in [3.8, 4) is 129 Å². The molecule has 4 nitrogen and oxygen atoms in total. The average molecular weight is 1480 g/mol. The molecule has 0 saturated heterocycles. The van der Waals surface area contributed by atoms with E-state index in [0.717, 1.165) is 88.0 Å². The molecule has 19 aromatic rings. The fraction of sp³-hybridized carbons (Fsp3) is 0.107. The fourth-order valence-corrected chi connectivity index (χ4v) is 20.5. The Labute approximate surface area is 676 Å². The van der Waals surface area contributed by atoms with Crippen molar-refractivity contribution in [2.75, 3.05) is 0 Å². The summed E-state index contributed by atoms with van der Waals surface area (Å²) in [4.78, 5) is 16.0. The molecule has 3 heterocycles. The van der Waals surface area contributed by atoms with Crippen molar-refractivity contribution in [1.82, 2.24) is 15.0 Å². The third-order valence-electron chi connectivity index (χ3n) is 26.6. The quantitative estimate of drug-likeness (QED) is 0.118. The van der Waals surface area contributed by atoms with Gasteiger partial charge in [0.25, 0.3) is 0 Å². The number of nitriles is 1. The Morgan fingerprint density at radius 2 is 0.474 bits per heavy atom. The monoisotopic (exact) mass is 1480 g/mol. The molecule has 0 aliphatic heterocycles. The zero-order valence-electron chi connectivity index (χ0n) is 66.1. The van der Waals surface area contributed by atoms with Gasteiger partial charge >= 0.3 is 0 Å². The highest BCUT2D eigenvalue weighted by Gasteiger charge is 2.40. The number of fused-ring (bicyclic) bond motifs is 20. The molecule has 0 spiro atoms. The van der Waals surface area contributed by atoms with Crippen LogP contribution in [-0.4, -0.2) is 15.0 Å². The molecule has 4 heteroatoms. The maximum Gasteiger partial charge on any atom is 0.0991 e. The van der Waals surface area contributed by atoms with E-state index in [-0.39, 0.29) is 21.7 Å². The van der Waals surface area contributed by atoms with Crippen molar-refractivity contribution < 1.29 is 0 Å². The number of hydrogen-bond acceptors (Lipinski definition) is 4. The molecular weight excluding hydrogens is 1400 g/mol. The zero-order valence-corrected chi connectivity index (χ0v) is 66.1. The zero-order chi connectivity index (χ0) is 78.3. The minimum atomic E-state index is -0.128. The van der Waals surface area contributed by atoms with Gasteiger partial charge in [0.2, 0.25) is 0 Å². The van der Waals surface area contributed by atoms with Crippen LogP contribution < -0.4 is 0 Å². The third-order valence-corrected chi connectivity index (χ3v) is 26.6. The summed E-state index contributed by atoms with van der Waals surface area (Å²) in [6.45, 7) is 18.8. The molecular formula is C112H80N4. The molecule has 16 aromatic carbocycles. The standard InChI is InChI=1S/C62H44N2.C50H36N2/c1-61(2)52-21-11-7-16-42(52)44-31-29-39(33-54(44)61)49-35-51-50(40-30-32-45-43-17-8-12-22-53(43)62(3,4)55(45)34-40)36-58(64-60(51)46-18-6-5-15-41(46)49)37-25-27-38(28-26-37)59-47-19-9-13-23-56(47)63-57-24-14-10-20-48(57)59;1-49(2)43-15-9-7-12-35(43)37-23-21-32(25-45(37)49)40-27-42-41(33-22-24-38-36-13-8-10-16-44(36)50(3,4)46(38)26-33)28-47(31-19-17-30(29-51)18-20-31)52-48(42)39-14-6-5-11-34(39)40/h5-36H,1-4H3;5-28H,1-4H3. The average Bonchev–Trinajstić information content (AvgIpc) is 1.46. The van der Waals surface area contributed by atoms with Crippen molar-refractivity contribution in [2.24, 2.45) is 0 Å². The second kappa shape index (κ2) is 25.5. The molecule has 0 N–H and O–H groups in total. The topological polar surface area (TPSA) is 62.5 Å². The van der Waals surface area contributed by atoms with Crippen LogP contribution in [0.15, 0.2) is 340 Å². The van der Waals surface area contributed by atoms with E-state index < -0.39 is 0 Å². The van der Waals surface area contributed by atoms with Crippen molar-refractivity contribution >= 4 is 65.2 Å². The molecule has 4 aliphatic rings. The van der Waals surface area contributed by atoms with Crippen LogP contribution in [0.3, 0.4) is 0 Å². The SMILES string of the molecule is CC1(C)c2ccccc2-c2ccc(-c3cc4c(-c5ccc6c(c5)C(C)(C)c5ccccc5-6)cc(-c5ccc(-c6c7ccccc7nc7ccccc67)cc5)nc4c4ccccc34)cc21.CC1(C)c2ccccc2-c2ccc(-c3cc4c(-c5ccc6c(c5)C(C)(C)c5ccccc5-6)cc(-c5ccc(C#N)cc5)nc4c4ccccc34)cc21. The Hall–Kier alpha value is -14.0. The van der Waals surface area contributed by atoms with Crippen LogP contribution >= 0.6 is 0 Å². The van der Waals surface area contributed by atoms with E-state index in [0.29, 0.717) is 5.56 Å². The fourth-order valence-electron chi connectivity index (χ4n) is 20.5. The third kappa shape index (κ3) is 10.3. The first-order valence-electron chi connectivity index (χ1n) is 40.6. The number of rotatable bonds is 7. The highest BCUT2D eigenvalue weighted by atomic mass is 14.7. The molecule has 116 heavy (non-hydrogen) atoms. The van der Waals surface area contributed by atoms with Crippen molar-refractivity contribution in [2.45, 2.75) is 77.0 Å². The Morgan fingerprint density at radius 1 is 0.207 bits per heavy atom. The number of para-hydroxylation sites is 2. The van der Waals surface area contributed by atoms with Crippen LogP contribution in [0.1, 0.15) is 105 Å².